The van der Waals surface area contributed by atoms with Crippen LogP contribution in [-0.4, -0.2) is 39.4 Å². The minimum atomic E-state index is 0.354. The van der Waals surface area contributed by atoms with Crippen LogP contribution in [0.3, 0.4) is 0 Å². The number of nitrogens with zero attached hydrogens (tertiary/aromatic N) is 4. The molecule has 3 heterocycles. The van der Waals surface area contributed by atoms with Gasteiger partial charge in [-0.05, 0) is 25.7 Å². The van der Waals surface area contributed by atoms with Gasteiger partial charge in [0.2, 0.25) is 0 Å². The minimum Gasteiger partial charge on any atom is -0.374 e. The zero-order chi connectivity index (χ0) is 16.6. The van der Waals surface area contributed by atoms with Crippen LogP contribution < -0.4 is 0 Å². The monoisotopic (exact) mass is 346 g/mol. The summed E-state index contributed by atoms with van der Waals surface area (Å²) in [4.78, 5) is 7.10. The Balaban J connectivity index is 1.35. The normalized spacial score (nSPS) is 27.0. The summed E-state index contributed by atoms with van der Waals surface area (Å²) in [5.74, 6) is 0.784. The van der Waals surface area contributed by atoms with Crippen LogP contribution in [0.2, 0.25) is 0 Å². The summed E-state index contributed by atoms with van der Waals surface area (Å²) in [6.07, 6.45) is 8.12. The number of hydrogen-bond donors (Lipinski definition) is 0. The van der Waals surface area contributed by atoms with Crippen molar-refractivity contribution in [2.75, 3.05) is 19.7 Å². The van der Waals surface area contributed by atoms with Crippen molar-refractivity contribution in [2.24, 2.45) is 18.4 Å². The highest BCUT2D eigenvalue weighted by molar-refractivity contribution is 7.09. The molecule has 6 heteroatoms. The van der Waals surface area contributed by atoms with Crippen LogP contribution in [-0.2, 0) is 24.9 Å². The van der Waals surface area contributed by atoms with Crippen molar-refractivity contribution < 1.29 is 4.74 Å². The summed E-state index contributed by atoms with van der Waals surface area (Å²) in [6, 6.07) is 0. The zero-order valence-corrected chi connectivity index (χ0v) is 15.4. The molecule has 0 bridgehead atoms. The molecule has 5 nitrogen and oxygen atoms in total. The summed E-state index contributed by atoms with van der Waals surface area (Å²) in [5.41, 5.74) is 2.74. The smallest absolute Gasteiger partial charge is 0.0898 e. The molecular weight excluding hydrogens is 320 g/mol. The fourth-order valence-electron chi connectivity index (χ4n) is 4.53. The van der Waals surface area contributed by atoms with Crippen LogP contribution in [0.15, 0.2) is 17.8 Å². The second kappa shape index (κ2) is 6.58. The first kappa shape index (κ1) is 16.2. The molecule has 1 saturated carbocycles. The van der Waals surface area contributed by atoms with Gasteiger partial charge in [-0.3, -0.25) is 9.58 Å². The third-order valence-corrected chi connectivity index (χ3v) is 6.40. The molecular formula is C18H26N4OS. The van der Waals surface area contributed by atoms with E-state index in [2.05, 4.69) is 26.6 Å². The Morgan fingerprint density at radius 1 is 1.46 bits per heavy atom. The Labute approximate surface area is 147 Å². The Bertz CT molecular complexity index is 697. The van der Waals surface area contributed by atoms with Crippen LogP contribution in [0.1, 0.15) is 35.5 Å². The standard InChI is InChI=1S/C18H26N4OS/c1-14-20-17(11-24-14)10-23-13-18-5-3-4-16(18)9-22(12-18)8-15-6-19-21(2)7-15/h6-7,11,16H,3-5,8-10,12-13H2,1-2H3/t16-,18+/m0/s1. The van der Waals surface area contributed by atoms with Crippen molar-refractivity contribution in [2.45, 2.75) is 39.3 Å². The van der Waals surface area contributed by atoms with Gasteiger partial charge in [-0.25, -0.2) is 4.98 Å². The minimum absolute atomic E-state index is 0.354. The highest BCUT2D eigenvalue weighted by atomic mass is 32.1. The van der Waals surface area contributed by atoms with Gasteiger partial charge < -0.3 is 4.74 Å². The molecule has 0 spiro atoms. The lowest BCUT2D eigenvalue weighted by atomic mass is 9.81. The van der Waals surface area contributed by atoms with Crippen molar-refractivity contribution in [1.82, 2.24) is 19.7 Å². The topological polar surface area (TPSA) is 43.2 Å². The second-order valence-corrected chi connectivity index (χ2v) is 8.56. The van der Waals surface area contributed by atoms with Crippen LogP contribution >= 0.6 is 11.3 Å². The van der Waals surface area contributed by atoms with Crippen LogP contribution in [0.25, 0.3) is 0 Å². The van der Waals surface area contributed by atoms with E-state index in [0.717, 1.165) is 36.3 Å². The van der Waals surface area contributed by atoms with Crippen LogP contribution in [0, 0.1) is 18.3 Å². The van der Waals surface area contributed by atoms with Gasteiger partial charge in [-0.2, -0.15) is 5.10 Å². The number of aromatic nitrogens is 3. The third-order valence-electron chi connectivity index (χ3n) is 5.58. The molecule has 1 aliphatic carbocycles. The van der Waals surface area contributed by atoms with Gasteiger partial charge in [0.1, 0.15) is 0 Å². The van der Waals surface area contributed by atoms with Gasteiger partial charge in [-0.15, -0.1) is 11.3 Å². The first-order valence-corrected chi connectivity index (χ1v) is 9.70. The van der Waals surface area contributed by atoms with Gasteiger partial charge in [0.25, 0.3) is 0 Å². The molecule has 0 aromatic carbocycles. The lowest BCUT2D eigenvalue weighted by Gasteiger charge is -2.28. The summed E-state index contributed by atoms with van der Waals surface area (Å²) in [6.45, 7) is 6.94. The highest BCUT2D eigenvalue weighted by Gasteiger charge is 2.49. The lowest BCUT2D eigenvalue weighted by Crippen LogP contribution is -2.32. The lowest BCUT2D eigenvalue weighted by molar-refractivity contribution is 0.0254. The Hall–Kier alpha value is -1.24. The van der Waals surface area contributed by atoms with E-state index >= 15 is 0 Å². The summed E-state index contributed by atoms with van der Waals surface area (Å²) in [7, 11) is 1.98. The first-order chi connectivity index (χ1) is 11.6. The molecule has 130 valence electrons. The number of ether oxygens (including phenoxy) is 1. The van der Waals surface area contributed by atoms with Crippen LogP contribution in [0.4, 0.5) is 0 Å². The number of rotatable bonds is 6. The maximum absolute atomic E-state index is 6.13. The van der Waals surface area contributed by atoms with E-state index in [4.69, 9.17) is 4.74 Å². The van der Waals surface area contributed by atoms with E-state index in [9.17, 15) is 0 Å². The maximum atomic E-state index is 6.13. The average molecular weight is 347 g/mol. The summed E-state index contributed by atoms with van der Waals surface area (Å²) < 4.78 is 8.02. The Morgan fingerprint density at radius 3 is 3.12 bits per heavy atom. The van der Waals surface area contributed by atoms with E-state index in [1.54, 1.807) is 11.3 Å². The number of fused-ring (bicyclic) bond motifs is 1. The van der Waals surface area contributed by atoms with Gasteiger partial charge in [0, 0.05) is 49.2 Å². The molecule has 0 radical (unpaired) electrons. The van der Waals surface area contributed by atoms with Crippen molar-refractivity contribution in [1.29, 1.82) is 0 Å². The van der Waals surface area contributed by atoms with Gasteiger partial charge in [0.05, 0.1) is 30.1 Å². The van der Waals surface area contributed by atoms with E-state index in [0.29, 0.717) is 12.0 Å². The molecule has 2 atom stereocenters. The number of hydrogen-bond acceptors (Lipinski definition) is 5. The summed E-state index contributed by atoms with van der Waals surface area (Å²) in [5, 5.41) is 7.53. The van der Waals surface area contributed by atoms with Gasteiger partial charge in [-0.1, -0.05) is 6.42 Å². The first-order valence-electron chi connectivity index (χ1n) is 8.82. The number of likely N-dealkylation sites (tertiary alicyclic amines) is 1. The average Bonchev–Trinajstić information content (AvgIpc) is 3.26. The number of aryl methyl sites for hydroxylation is 2. The molecule has 2 aromatic rings. The summed E-state index contributed by atoms with van der Waals surface area (Å²) >= 11 is 1.70. The fraction of sp³-hybridized carbons (Fsp3) is 0.667. The van der Waals surface area contributed by atoms with E-state index < -0.39 is 0 Å². The van der Waals surface area contributed by atoms with Crippen molar-refractivity contribution >= 4 is 11.3 Å². The Kier molecular flexibility index (Phi) is 4.45. The van der Waals surface area contributed by atoms with Crippen molar-refractivity contribution in [3.63, 3.8) is 0 Å². The molecule has 4 rings (SSSR count). The highest BCUT2D eigenvalue weighted by Crippen LogP contribution is 2.49. The fourth-order valence-corrected chi connectivity index (χ4v) is 5.12. The maximum Gasteiger partial charge on any atom is 0.0898 e. The molecule has 0 amide bonds. The quantitative estimate of drug-likeness (QED) is 0.806. The van der Waals surface area contributed by atoms with Gasteiger partial charge >= 0.3 is 0 Å². The largest absolute Gasteiger partial charge is 0.374 e. The molecule has 2 aliphatic rings. The predicted molar refractivity (Wildman–Crippen MR) is 94.8 cm³/mol. The molecule has 2 fully saturated rings. The zero-order valence-electron chi connectivity index (χ0n) is 14.6. The van der Waals surface area contributed by atoms with Crippen molar-refractivity contribution in [3.05, 3.63) is 34.0 Å². The van der Waals surface area contributed by atoms with E-state index in [1.807, 2.05) is 24.9 Å². The molecule has 1 saturated heterocycles. The van der Waals surface area contributed by atoms with Gasteiger partial charge in [0.15, 0.2) is 0 Å². The van der Waals surface area contributed by atoms with E-state index in [1.165, 1.54) is 31.4 Å². The van der Waals surface area contributed by atoms with Crippen LogP contribution in [0.5, 0.6) is 0 Å². The molecule has 1 aliphatic heterocycles. The number of thiazole rings is 1. The van der Waals surface area contributed by atoms with Crippen molar-refractivity contribution in [3.8, 4) is 0 Å². The molecule has 24 heavy (non-hydrogen) atoms. The third kappa shape index (κ3) is 3.27. The predicted octanol–water partition coefficient (Wildman–Crippen LogP) is 3.00. The Morgan fingerprint density at radius 2 is 2.38 bits per heavy atom. The molecule has 0 unspecified atom stereocenters. The molecule has 2 aromatic heterocycles. The molecule has 0 N–H and O–H groups in total. The second-order valence-electron chi connectivity index (χ2n) is 7.49. The SMILES string of the molecule is Cc1nc(COC[C@]23CCC[C@H]2CN(Cc2cnn(C)c2)C3)cs1. The van der Waals surface area contributed by atoms with E-state index in [-0.39, 0.29) is 0 Å².